The van der Waals surface area contributed by atoms with Gasteiger partial charge in [-0.15, -0.1) is 0 Å². The van der Waals surface area contributed by atoms with Gasteiger partial charge in [-0.25, -0.2) is 4.79 Å². The first-order valence-electron chi connectivity index (χ1n) is 8.82. The third-order valence-corrected chi connectivity index (χ3v) is 6.65. The van der Waals surface area contributed by atoms with Gasteiger partial charge >= 0.3 is 5.97 Å². The Kier molecular flexibility index (Phi) is 5.27. The number of ether oxygens (including phenoxy) is 2. The van der Waals surface area contributed by atoms with Crippen molar-refractivity contribution in [3.8, 4) is 0 Å². The second-order valence-corrected chi connectivity index (χ2v) is 8.76. The van der Waals surface area contributed by atoms with Gasteiger partial charge in [-0.05, 0) is 36.0 Å². The Balaban J connectivity index is 1.79. The van der Waals surface area contributed by atoms with Crippen molar-refractivity contribution in [2.45, 2.75) is 46.1 Å². The minimum Gasteiger partial charge on any atom is -0.457 e. The van der Waals surface area contributed by atoms with Crippen molar-refractivity contribution in [2.24, 2.45) is 16.7 Å². The molecular formula is C19H34NO3+. The van der Waals surface area contributed by atoms with Crippen LogP contribution in [0, 0.1) is 16.7 Å². The summed E-state index contributed by atoms with van der Waals surface area (Å²) in [6.07, 6.45) is 5.78. The molecule has 2 rings (SSSR count). The van der Waals surface area contributed by atoms with Crippen LogP contribution in [0.3, 0.4) is 0 Å². The molecule has 2 bridgehead atoms. The standard InChI is InChI=1S/C19H34NO3/c1-7-11-23-17(21)14-20(5,6)10-12-22-16-13-15-8-9-19(16,4)18(15,2)3/h7,15-16H,1,8-14H2,2-6H3/q+1. The maximum Gasteiger partial charge on any atom is 0.362 e. The number of likely N-dealkylation sites (N-methyl/N-ethyl adjacent to an activating group) is 1. The molecule has 3 unspecified atom stereocenters. The van der Waals surface area contributed by atoms with E-state index in [1.165, 1.54) is 19.3 Å². The number of esters is 1. The normalized spacial score (nSPS) is 32.0. The molecule has 23 heavy (non-hydrogen) atoms. The highest BCUT2D eigenvalue weighted by Gasteiger charge is 2.61. The summed E-state index contributed by atoms with van der Waals surface area (Å²) in [6, 6.07) is 0. The number of rotatable bonds is 8. The molecule has 0 amide bonds. The second kappa shape index (κ2) is 6.56. The lowest BCUT2D eigenvalue weighted by atomic mass is 9.70. The number of quaternary nitrogens is 1. The molecule has 2 fully saturated rings. The summed E-state index contributed by atoms with van der Waals surface area (Å²) in [4.78, 5) is 11.8. The van der Waals surface area contributed by atoms with Crippen LogP contribution < -0.4 is 0 Å². The molecule has 4 nitrogen and oxygen atoms in total. The maximum atomic E-state index is 11.8. The Hall–Kier alpha value is -0.870. The first kappa shape index (κ1) is 18.5. The van der Waals surface area contributed by atoms with Gasteiger partial charge in [-0.1, -0.05) is 33.4 Å². The van der Waals surface area contributed by atoms with Crippen LogP contribution in [0.1, 0.15) is 40.0 Å². The molecule has 0 aromatic carbocycles. The van der Waals surface area contributed by atoms with Crippen LogP contribution in [0.25, 0.3) is 0 Å². The Labute approximate surface area is 141 Å². The summed E-state index contributed by atoms with van der Waals surface area (Å²) in [5.74, 6) is 0.622. The van der Waals surface area contributed by atoms with Crippen LogP contribution in [-0.2, 0) is 14.3 Å². The zero-order valence-corrected chi connectivity index (χ0v) is 15.6. The van der Waals surface area contributed by atoms with Crippen molar-refractivity contribution in [2.75, 3.05) is 40.4 Å². The molecule has 2 saturated carbocycles. The van der Waals surface area contributed by atoms with Crippen molar-refractivity contribution in [1.82, 2.24) is 0 Å². The molecule has 2 aliphatic rings. The molecule has 0 heterocycles. The molecule has 0 aromatic rings. The predicted octanol–water partition coefficient (Wildman–Crippen LogP) is 3.02. The van der Waals surface area contributed by atoms with Crippen molar-refractivity contribution in [3.63, 3.8) is 0 Å². The van der Waals surface area contributed by atoms with Gasteiger partial charge in [-0.2, -0.15) is 0 Å². The Morgan fingerprint density at radius 3 is 2.57 bits per heavy atom. The lowest BCUT2D eigenvalue weighted by Gasteiger charge is -2.39. The first-order chi connectivity index (χ1) is 10.6. The highest BCUT2D eigenvalue weighted by atomic mass is 16.5. The molecular weight excluding hydrogens is 290 g/mol. The minimum atomic E-state index is -0.178. The number of carbonyl (C=O) groups excluding carboxylic acids is 1. The second-order valence-electron chi connectivity index (χ2n) is 8.76. The van der Waals surface area contributed by atoms with Crippen molar-refractivity contribution in [1.29, 1.82) is 0 Å². The number of hydrogen-bond donors (Lipinski definition) is 0. The molecule has 0 radical (unpaired) electrons. The van der Waals surface area contributed by atoms with Gasteiger partial charge in [0.05, 0.1) is 26.8 Å². The zero-order chi connectivity index (χ0) is 17.3. The van der Waals surface area contributed by atoms with E-state index in [1.807, 2.05) is 14.1 Å². The fraction of sp³-hybridized carbons (Fsp3) is 0.842. The van der Waals surface area contributed by atoms with Gasteiger partial charge < -0.3 is 14.0 Å². The fourth-order valence-corrected chi connectivity index (χ4v) is 4.45. The van der Waals surface area contributed by atoms with Gasteiger partial charge in [0.1, 0.15) is 13.2 Å². The van der Waals surface area contributed by atoms with E-state index in [0.717, 1.165) is 12.5 Å². The van der Waals surface area contributed by atoms with E-state index in [4.69, 9.17) is 9.47 Å². The summed E-state index contributed by atoms with van der Waals surface area (Å²) in [5.41, 5.74) is 0.689. The molecule has 0 aromatic heterocycles. The van der Waals surface area contributed by atoms with E-state index in [0.29, 0.717) is 34.6 Å². The smallest absolute Gasteiger partial charge is 0.362 e. The Bertz CT molecular complexity index is 458. The quantitative estimate of drug-likeness (QED) is 0.391. The highest BCUT2D eigenvalue weighted by Crippen LogP contribution is 2.66. The minimum absolute atomic E-state index is 0.178. The van der Waals surface area contributed by atoms with Gasteiger partial charge in [0, 0.05) is 0 Å². The van der Waals surface area contributed by atoms with Crippen LogP contribution in [0.2, 0.25) is 0 Å². The summed E-state index contributed by atoms with van der Waals surface area (Å²) in [5, 5.41) is 0. The van der Waals surface area contributed by atoms with Gasteiger partial charge in [0.25, 0.3) is 0 Å². The lowest BCUT2D eigenvalue weighted by Crippen LogP contribution is -2.47. The summed E-state index contributed by atoms with van der Waals surface area (Å²) >= 11 is 0. The fourth-order valence-electron chi connectivity index (χ4n) is 4.45. The monoisotopic (exact) mass is 324 g/mol. The van der Waals surface area contributed by atoms with E-state index in [-0.39, 0.29) is 12.6 Å². The van der Waals surface area contributed by atoms with Crippen molar-refractivity contribution >= 4 is 5.97 Å². The van der Waals surface area contributed by atoms with E-state index in [9.17, 15) is 4.79 Å². The Morgan fingerprint density at radius 1 is 1.35 bits per heavy atom. The number of hydrogen-bond acceptors (Lipinski definition) is 3. The third kappa shape index (κ3) is 3.63. The molecule has 0 aliphatic heterocycles. The summed E-state index contributed by atoms with van der Waals surface area (Å²) in [6.45, 7) is 12.9. The SMILES string of the molecule is C=CCOC(=O)C[N+](C)(C)CCOC1CC2CCC1(C)C2(C)C. The number of nitrogens with zero attached hydrogens (tertiary/aromatic N) is 1. The average molecular weight is 324 g/mol. The number of fused-ring (bicyclic) bond motifs is 2. The highest BCUT2D eigenvalue weighted by molar-refractivity contribution is 5.70. The molecule has 0 saturated heterocycles. The topological polar surface area (TPSA) is 35.5 Å². The van der Waals surface area contributed by atoms with Crippen LogP contribution in [0.4, 0.5) is 0 Å². The van der Waals surface area contributed by atoms with E-state index in [2.05, 4.69) is 27.4 Å². The van der Waals surface area contributed by atoms with Gasteiger partial charge in [0.15, 0.2) is 6.54 Å². The molecule has 0 N–H and O–H groups in total. The van der Waals surface area contributed by atoms with Crippen LogP contribution in [-0.4, -0.2) is 57.0 Å². The number of carbonyl (C=O) groups is 1. The van der Waals surface area contributed by atoms with Gasteiger partial charge in [0.2, 0.25) is 0 Å². The largest absolute Gasteiger partial charge is 0.457 e. The van der Waals surface area contributed by atoms with E-state index >= 15 is 0 Å². The molecule has 3 atom stereocenters. The molecule has 0 spiro atoms. The third-order valence-electron chi connectivity index (χ3n) is 6.65. The average Bonchev–Trinajstić information content (AvgIpc) is 2.77. The summed E-state index contributed by atoms with van der Waals surface area (Å²) < 4.78 is 12.0. The van der Waals surface area contributed by atoms with Crippen LogP contribution in [0.15, 0.2) is 12.7 Å². The van der Waals surface area contributed by atoms with Crippen LogP contribution in [0.5, 0.6) is 0 Å². The van der Waals surface area contributed by atoms with Crippen molar-refractivity contribution in [3.05, 3.63) is 12.7 Å². The lowest BCUT2D eigenvalue weighted by molar-refractivity contribution is -0.883. The van der Waals surface area contributed by atoms with E-state index in [1.54, 1.807) is 6.08 Å². The van der Waals surface area contributed by atoms with Crippen LogP contribution >= 0.6 is 0 Å². The van der Waals surface area contributed by atoms with Crippen molar-refractivity contribution < 1.29 is 18.8 Å². The zero-order valence-electron chi connectivity index (χ0n) is 15.6. The first-order valence-corrected chi connectivity index (χ1v) is 8.82. The summed E-state index contributed by atoms with van der Waals surface area (Å²) in [7, 11) is 4.09. The van der Waals surface area contributed by atoms with Gasteiger partial charge in [-0.3, -0.25) is 0 Å². The predicted molar refractivity (Wildman–Crippen MR) is 92.0 cm³/mol. The molecule has 2 aliphatic carbocycles. The Morgan fingerprint density at radius 2 is 2.04 bits per heavy atom. The molecule has 132 valence electrons. The maximum absolute atomic E-state index is 11.8. The van der Waals surface area contributed by atoms with E-state index < -0.39 is 0 Å². The molecule has 4 heteroatoms.